The number of nitrogens with zero attached hydrogens (tertiary/aromatic N) is 3. The molecule has 2 aliphatic rings. The highest BCUT2D eigenvalue weighted by molar-refractivity contribution is 7.20. The average Bonchev–Trinajstić information content (AvgIpc) is 3.28. The van der Waals surface area contributed by atoms with Crippen LogP contribution in [0.4, 0.5) is 5.82 Å². The third-order valence-corrected chi connectivity index (χ3v) is 6.51. The molecule has 0 aromatic carbocycles. The lowest BCUT2D eigenvalue weighted by Gasteiger charge is -2.20. The molecule has 2 unspecified atom stereocenters. The number of aromatic nitrogens is 2. The summed E-state index contributed by atoms with van der Waals surface area (Å²) < 4.78 is 5.20. The smallest absolute Gasteiger partial charge is 0.348 e. The van der Waals surface area contributed by atoms with E-state index in [-0.39, 0.29) is 5.97 Å². The summed E-state index contributed by atoms with van der Waals surface area (Å²) in [5.74, 6) is 1.30. The average molecular weight is 375 g/mol. The van der Waals surface area contributed by atoms with Crippen molar-refractivity contribution in [3.63, 3.8) is 0 Å². The summed E-state index contributed by atoms with van der Waals surface area (Å²) in [5, 5.41) is 4.61. The van der Waals surface area contributed by atoms with Crippen LogP contribution in [0.1, 0.15) is 54.2 Å². The number of aryl methyl sites for hydroxylation is 2. The van der Waals surface area contributed by atoms with Crippen molar-refractivity contribution in [1.29, 1.82) is 0 Å². The van der Waals surface area contributed by atoms with Gasteiger partial charge in [0.05, 0.1) is 12.0 Å². The van der Waals surface area contributed by atoms with Crippen molar-refractivity contribution >= 4 is 33.3 Å². The molecule has 2 aromatic heterocycles. The van der Waals surface area contributed by atoms with Gasteiger partial charge in [0.25, 0.3) is 0 Å². The Hall–Kier alpha value is -1.73. The zero-order valence-electron chi connectivity index (χ0n) is 15.8. The van der Waals surface area contributed by atoms with Crippen molar-refractivity contribution in [2.45, 2.75) is 65.1 Å². The van der Waals surface area contributed by atoms with Crippen LogP contribution in [0.5, 0.6) is 0 Å². The minimum Gasteiger partial charge on any atom is -0.462 e. The fourth-order valence-electron chi connectivity index (χ4n) is 4.01. The number of esters is 1. The molecule has 2 aromatic rings. The van der Waals surface area contributed by atoms with E-state index in [9.17, 15) is 4.79 Å². The van der Waals surface area contributed by atoms with Crippen molar-refractivity contribution in [2.75, 3.05) is 18.5 Å². The lowest BCUT2D eigenvalue weighted by molar-refractivity contribution is 0.0531. The molecule has 0 radical (unpaired) electrons. The maximum absolute atomic E-state index is 12.3. The van der Waals surface area contributed by atoms with Gasteiger partial charge in [0.1, 0.15) is 21.3 Å². The molecule has 1 aliphatic heterocycles. The van der Waals surface area contributed by atoms with Gasteiger partial charge in [0.2, 0.25) is 0 Å². The number of hydrogen-bond acceptors (Lipinski definition) is 7. The minimum atomic E-state index is -0.272. The summed E-state index contributed by atoms with van der Waals surface area (Å²) in [5.41, 5.74) is 0.913. The summed E-state index contributed by atoms with van der Waals surface area (Å²) in [6.45, 7) is 9.43. The van der Waals surface area contributed by atoms with Gasteiger partial charge in [-0.3, -0.25) is 4.90 Å². The molecule has 26 heavy (non-hydrogen) atoms. The number of anilines is 1. The summed E-state index contributed by atoms with van der Waals surface area (Å²) in [4.78, 5) is 25.6. The summed E-state index contributed by atoms with van der Waals surface area (Å²) in [6.07, 6.45) is 3.79. The quantitative estimate of drug-likeness (QED) is 0.808. The van der Waals surface area contributed by atoms with Crippen LogP contribution in [0.3, 0.4) is 0 Å². The van der Waals surface area contributed by atoms with Crippen LogP contribution in [0.2, 0.25) is 0 Å². The number of ether oxygens (including phenoxy) is 1. The fourth-order valence-corrected chi connectivity index (χ4v) is 5.13. The van der Waals surface area contributed by atoms with Crippen LogP contribution in [0.25, 0.3) is 10.2 Å². The molecule has 0 bridgehead atoms. The molecule has 0 amide bonds. The van der Waals surface area contributed by atoms with Crippen LogP contribution in [-0.2, 0) is 4.74 Å². The van der Waals surface area contributed by atoms with E-state index in [0.717, 1.165) is 46.4 Å². The van der Waals surface area contributed by atoms with Crippen molar-refractivity contribution in [3.05, 3.63) is 16.3 Å². The SMILES string of the molecule is CCOC(=O)c1sc2nc(C)nc(NC3CC(C)N(C4CC4)C3)c2c1C. The van der Waals surface area contributed by atoms with Crippen LogP contribution in [-0.4, -0.2) is 52.1 Å². The first-order valence-electron chi connectivity index (χ1n) is 9.45. The van der Waals surface area contributed by atoms with Crippen LogP contribution in [0, 0.1) is 13.8 Å². The number of fused-ring (bicyclic) bond motifs is 1. The number of rotatable bonds is 5. The molecule has 2 fully saturated rings. The number of hydrogen-bond donors (Lipinski definition) is 1. The second-order valence-corrected chi connectivity index (χ2v) is 8.43. The van der Waals surface area contributed by atoms with Crippen molar-refractivity contribution < 1.29 is 9.53 Å². The molecular formula is C19H26N4O2S. The predicted octanol–water partition coefficient (Wildman–Crippen LogP) is 3.52. The van der Waals surface area contributed by atoms with E-state index in [1.807, 2.05) is 20.8 Å². The van der Waals surface area contributed by atoms with E-state index in [1.54, 1.807) is 0 Å². The monoisotopic (exact) mass is 374 g/mol. The van der Waals surface area contributed by atoms with Gasteiger partial charge in [0.15, 0.2) is 0 Å². The Morgan fingerprint density at radius 3 is 2.81 bits per heavy atom. The van der Waals surface area contributed by atoms with Gasteiger partial charge in [0, 0.05) is 24.7 Å². The van der Waals surface area contributed by atoms with Gasteiger partial charge in [-0.25, -0.2) is 14.8 Å². The van der Waals surface area contributed by atoms with Crippen LogP contribution in [0.15, 0.2) is 0 Å². The maximum Gasteiger partial charge on any atom is 0.348 e. The number of carbonyl (C=O) groups excluding carboxylic acids is 1. The van der Waals surface area contributed by atoms with E-state index in [0.29, 0.717) is 23.6 Å². The predicted molar refractivity (Wildman–Crippen MR) is 104 cm³/mol. The highest BCUT2D eigenvalue weighted by Crippen LogP contribution is 2.37. The van der Waals surface area contributed by atoms with Gasteiger partial charge >= 0.3 is 5.97 Å². The first kappa shape index (κ1) is 17.7. The molecule has 0 spiro atoms. The Morgan fingerprint density at radius 2 is 2.12 bits per heavy atom. The maximum atomic E-state index is 12.3. The van der Waals surface area contributed by atoms with Crippen LogP contribution < -0.4 is 5.32 Å². The highest BCUT2D eigenvalue weighted by Gasteiger charge is 2.39. The van der Waals surface area contributed by atoms with E-state index in [4.69, 9.17) is 4.74 Å². The zero-order valence-corrected chi connectivity index (χ0v) is 16.7. The Bertz CT molecular complexity index is 846. The molecule has 1 saturated heterocycles. The lowest BCUT2D eigenvalue weighted by atomic mass is 10.1. The number of nitrogens with one attached hydrogen (secondary N) is 1. The third kappa shape index (κ3) is 3.18. The Labute approximate surface area is 158 Å². The summed E-state index contributed by atoms with van der Waals surface area (Å²) in [7, 11) is 0. The standard InChI is InChI=1S/C19H26N4O2S/c1-5-25-19(24)16-11(3)15-17(20-12(4)21-18(15)26-16)22-13-8-10(2)23(9-13)14-6-7-14/h10,13-14H,5-9H2,1-4H3,(H,20,21,22). The Morgan fingerprint density at radius 1 is 1.35 bits per heavy atom. The fraction of sp³-hybridized carbons (Fsp3) is 0.632. The molecular weight excluding hydrogens is 348 g/mol. The lowest BCUT2D eigenvalue weighted by Crippen LogP contribution is -2.31. The van der Waals surface area contributed by atoms with Crippen LogP contribution >= 0.6 is 11.3 Å². The largest absolute Gasteiger partial charge is 0.462 e. The van der Waals surface area contributed by atoms with E-state index >= 15 is 0 Å². The number of carbonyl (C=O) groups is 1. The number of thiophene rings is 1. The zero-order chi connectivity index (χ0) is 18.4. The molecule has 6 nitrogen and oxygen atoms in total. The van der Waals surface area contributed by atoms with E-state index in [1.165, 1.54) is 24.2 Å². The second kappa shape index (κ2) is 6.78. The van der Waals surface area contributed by atoms with Gasteiger partial charge in [-0.15, -0.1) is 11.3 Å². The van der Waals surface area contributed by atoms with Crippen molar-refractivity contribution in [3.8, 4) is 0 Å². The molecule has 1 aliphatic carbocycles. The van der Waals surface area contributed by atoms with Crippen molar-refractivity contribution in [1.82, 2.24) is 14.9 Å². The molecule has 1 saturated carbocycles. The topological polar surface area (TPSA) is 67.3 Å². The molecule has 7 heteroatoms. The molecule has 140 valence electrons. The van der Waals surface area contributed by atoms with E-state index in [2.05, 4.69) is 27.1 Å². The molecule has 4 rings (SSSR count). The van der Waals surface area contributed by atoms with E-state index < -0.39 is 0 Å². The summed E-state index contributed by atoms with van der Waals surface area (Å²) in [6, 6.07) is 1.77. The van der Waals surface area contributed by atoms with Gasteiger partial charge in [-0.1, -0.05) is 0 Å². The summed E-state index contributed by atoms with van der Waals surface area (Å²) >= 11 is 1.40. The molecule has 1 N–H and O–H groups in total. The molecule has 3 heterocycles. The Kier molecular flexibility index (Phi) is 4.61. The van der Waals surface area contributed by atoms with Gasteiger partial charge in [-0.2, -0.15) is 0 Å². The minimum absolute atomic E-state index is 0.272. The third-order valence-electron chi connectivity index (χ3n) is 5.34. The molecule has 2 atom stereocenters. The normalized spacial score (nSPS) is 23.5. The first-order valence-corrected chi connectivity index (χ1v) is 10.3. The Balaban J connectivity index is 1.65. The van der Waals surface area contributed by atoms with Gasteiger partial charge < -0.3 is 10.1 Å². The van der Waals surface area contributed by atoms with Crippen molar-refractivity contribution in [2.24, 2.45) is 0 Å². The highest BCUT2D eigenvalue weighted by atomic mass is 32.1. The van der Waals surface area contributed by atoms with Gasteiger partial charge in [-0.05, 0) is 52.5 Å². The first-order chi connectivity index (χ1) is 12.5. The second-order valence-electron chi connectivity index (χ2n) is 7.43. The number of likely N-dealkylation sites (tertiary alicyclic amines) is 1.